The van der Waals surface area contributed by atoms with Gasteiger partial charge in [0.25, 0.3) is 0 Å². The zero-order valence-corrected chi connectivity index (χ0v) is 42.6. The second kappa shape index (κ2) is 19.4. The van der Waals surface area contributed by atoms with Gasteiger partial charge in [-0.15, -0.1) is 0 Å². The van der Waals surface area contributed by atoms with E-state index < -0.39 is 0 Å². The van der Waals surface area contributed by atoms with Gasteiger partial charge in [0, 0.05) is 39.0 Å². The Kier molecular flexibility index (Phi) is 19.4. The Morgan fingerprint density at radius 3 is 0.821 bits per heavy atom. The van der Waals surface area contributed by atoms with Gasteiger partial charge in [0.15, 0.2) is 0 Å². The average Bonchev–Trinajstić information content (AvgIpc) is 2.84. The van der Waals surface area contributed by atoms with E-state index in [4.69, 9.17) is 0 Å². The number of hydrogen-bond donors (Lipinski definition) is 2. The number of phenolic OH excluding ortho intramolecular Hbond substituents is 2. The maximum Gasteiger partial charge on any atom is 0.126 e. The van der Waals surface area contributed by atoms with Crippen LogP contribution in [0.15, 0.2) is 35.4 Å². The molecule has 0 spiro atoms. The SMILES string of the molecule is CC(C)=Cc1cc(C(C)(C)CC(C)(C)C)cc(C(C)(C)CC(C)(C)C)c1O.CC(C)=Cc1cc(C(C)(C)CC(C)(C)C)cc(C(C)(C)CC(C)(C)C)c1O.[CH3-].[Co]. The zero-order valence-electron chi connectivity index (χ0n) is 41.5. The predicted octanol–water partition coefficient (Wildman–Crippen LogP) is 16.9. The van der Waals surface area contributed by atoms with E-state index >= 15 is 0 Å². The number of rotatable bonds is 10. The number of benzene rings is 2. The van der Waals surface area contributed by atoms with Crippen molar-refractivity contribution in [1.29, 1.82) is 0 Å². The number of phenols is 2. The predicted molar refractivity (Wildman–Crippen MR) is 250 cm³/mol. The van der Waals surface area contributed by atoms with E-state index in [0.717, 1.165) is 47.9 Å². The van der Waals surface area contributed by atoms with Crippen LogP contribution in [0, 0.1) is 29.1 Å². The van der Waals surface area contributed by atoms with Crippen LogP contribution in [-0.2, 0) is 38.4 Å². The topological polar surface area (TPSA) is 40.5 Å². The van der Waals surface area contributed by atoms with Gasteiger partial charge in [-0.05, 0) is 120 Å². The number of allylic oxidation sites excluding steroid dienone is 2. The Balaban J connectivity index is 0. The van der Waals surface area contributed by atoms with E-state index in [2.05, 4.69) is 203 Å². The van der Waals surface area contributed by atoms with Crippen molar-refractivity contribution in [3.05, 3.63) is 76.2 Å². The molecule has 2 N–H and O–H groups in total. The summed E-state index contributed by atoms with van der Waals surface area (Å²) in [6.45, 7) is 54.2. The Labute approximate surface area is 360 Å². The molecule has 2 rings (SSSR count). The first-order valence-corrected chi connectivity index (χ1v) is 20.7. The van der Waals surface area contributed by atoms with Gasteiger partial charge < -0.3 is 17.6 Å². The Bertz CT molecular complexity index is 1500. The molecule has 0 aliphatic rings. The summed E-state index contributed by atoms with van der Waals surface area (Å²) in [5.74, 6) is 0.890. The molecule has 0 aromatic heterocycles. The van der Waals surface area contributed by atoms with Gasteiger partial charge in [-0.3, -0.25) is 0 Å². The van der Waals surface area contributed by atoms with Gasteiger partial charge in [0.1, 0.15) is 11.5 Å². The van der Waals surface area contributed by atoms with Crippen LogP contribution in [0.4, 0.5) is 0 Å². The third-order valence-corrected chi connectivity index (χ3v) is 10.1. The monoisotopic (exact) mass is 819 g/mol. The molecule has 0 atom stereocenters. The fraction of sp³-hybridized carbons (Fsp3) is 0.679. The molecule has 2 aromatic rings. The van der Waals surface area contributed by atoms with Crippen molar-refractivity contribution in [3.8, 4) is 11.5 Å². The van der Waals surface area contributed by atoms with E-state index in [9.17, 15) is 10.2 Å². The molecule has 0 aliphatic heterocycles. The Hall–Kier alpha value is -1.97. The largest absolute Gasteiger partial charge is 0.507 e. The Morgan fingerprint density at radius 1 is 0.411 bits per heavy atom. The molecular weight excluding hydrogens is 728 g/mol. The smallest absolute Gasteiger partial charge is 0.126 e. The van der Waals surface area contributed by atoms with Crippen molar-refractivity contribution in [3.63, 3.8) is 0 Å². The average molecular weight is 819 g/mol. The normalized spacial score (nSPS) is 13.1. The fourth-order valence-corrected chi connectivity index (χ4v) is 9.67. The van der Waals surface area contributed by atoms with Crippen molar-refractivity contribution in [2.75, 3.05) is 0 Å². The first-order chi connectivity index (χ1) is 23.7. The van der Waals surface area contributed by atoms with Crippen molar-refractivity contribution in [1.82, 2.24) is 0 Å². The van der Waals surface area contributed by atoms with Crippen LogP contribution in [0.2, 0.25) is 0 Å². The third kappa shape index (κ3) is 18.3. The van der Waals surface area contributed by atoms with Gasteiger partial charge in [0.2, 0.25) is 0 Å². The zero-order chi connectivity index (χ0) is 42.8. The first kappa shape index (κ1) is 56.1. The van der Waals surface area contributed by atoms with Gasteiger partial charge >= 0.3 is 0 Å². The molecule has 0 saturated carbocycles. The molecule has 0 saturated heterocycles. The molecule has 0 bridgehead atoms. The van der Waals surface area contributed by atoms with E-state index in [-0.39, 0.29) is 67.5 Å². The summed E-state index contributed by atoms with van der Waals surface area (Å²) in [6.07, 6.45) is 8.46. The van der Waals surface area contributed by atoms with Crippen LogP contribution in [0.1, 0.15) is 225 Å². The second-order valence-electron chi connectivity index (χ2n) is 24.9. The summed E-state index contributed by atoms with van der Waals surface area (Å²) in [7, 11) is 0. The van der Waals surface area contributed by atoms with Crippen LogP contribution in [0.5, 0.6) is 11.5 Å². The summed E-state index contributed by atoms with van der Waals surface area (Å²) in [5, 5.41) is 22.3. The molecule has 1 radical (unpaired) electrons. The first-order valence-electron chi connectivity index (χ1n) is 20.7. The minimum atomic E-state index is -0.0968. The van der Waals surface area contributed by atoms with E-state index in [1.165, 1.54) is 22.3 Å². The summed E-state index contributed by atoms with van der Waals surface area (Å²) >= 11 is 0. The maximum atomic E-state index is 11.1. The van der Waals surface area contributed by atoms with Crippen molar-refractivity contribution < 1.29 is 27.0 Å². The molecule has 0 unspecified atom stereocenters. The minimum absolute atomic E-state index is 0. The Morgan fingerprint density at radius 2 is 0.625 bits per heavy atom. The van der Waals surface area contributed by atoms with Crippen LogP contribution in [-0.4, -0.2) is 10.2 Å². The minimum Gasteiger partial charge on any atom is -0.507 e. The molecule has 3 heteroatoms. The molecule has 0 amide bonds. The fourth-order valence-electron chi connectivity index (χ4n) is 9.67. The van der Waals surface area contributed by atoms with Crippen molar-refractivity contribution >= 4 is 12.2 Å². The van der Waals surface area contributed by atoms with Crippen LogP contribution in [0.25, 0.3) is 12.2 Å². The molecule has 0 fully saturated rings. The van der Waals surface area contributed by atoms with Gasteiger partial charge in [-0.2, -0.15) is 0 Å². The van der Waals surface area contributed by atoms with Crippen LogP contribution < -0.4 is 0 Å². The van der Waals surface area contributed by atoms with Crippen molar-refractivity contribution in [2.45, 2.75) is 214 Å². The number of aromatic hydroxyl groups is 2. The number of hydrogen-bond acceptors (Lipinski definition) is 2. The molecule has 2 aromatic carbocycles. The van der Waals surface area contributed by atoms with Gasteiger partial charge in [-0.25, -0.2) is 0 Å². The van der Waals surface area contributed by atoms with Crippen LogP contribution >= 0.6 is 0 Å². The summed E-state index contributed by atoms with van der Waals surface area (Å²) in [5.41, 5.74) is 9.88. The third-order valence-electron chi connectivity index (χ3n) is 10.1. The maximum absolute atomic E-state index is 11.1. The van der Waals surface area contributed by atoms with Crippen LogP contribution in [0.3, 0.4) is 0 Å². The summed E-state index contributed by atoms with van der Waals surface area (Å²) in [6, 6.07) is 8.94. The summed E-state index contributed by atoms with van der Waals surface area (Å²) < 4.78 is 0. The molecule has 325 valence electrons. The van der Waals surface area contributed by atoms with E-state index in [1.54, 1.807) is 0 Å². The van der Waals surface area contributed by atoms with Crippen molar-refractivity contribution in [2.24, 2.45) is 21.7 Å². The van der Waals surface area contributed by atoms with E-state index in [1.807, 2.05) is 0 Å². The summed E-state index contributed by atoms with van der Waals surface area (Å²) in [4.78, 5) is 0. The standard InChI is InChI=1S/2C26H44O.CH3.Co/c2*1-18(2)13-19-14-20(25(9,10)16-23(3,4)5)15-21(22(19)27)26(11,12)17-24(6,7)8;;/h2*13-15,27H,16-17H2,1-12H3;1H3;/q;;-1;. The molecule has 56 heavy (non-hydrogen) atoms. The molecule has 0 heterocycles. The van der Waals surface area contributed by atoms with E-state index in [0.29, 0.717) is 11.5 Å². The molecule has 2 nitrogen and oxygen atoms in total. The quantitative estimate of drug-likeness (QED) is 0.235. The van der Waals surface area contributed by atoms with Gasteiger partial charge in [0.05, 0.1) is 0 Å². The molecule has 0 aliphatic carbocycles. The second-order valence-corrected chi connectivity index (χ2v) is 24.9. The van der Waals surface area contributed by atoms with Gasteiger partial charge in [-0.1, -0.05) is 174 Å². The molecular formula is C53H91CoO2-.